The number of amidine groups is 1. The smallest absolute Gasteiger partial charge is 0.259 e. The highest BCUT2D eigenvalue weighted by Crippen LogP contribution is 2.17. The van der Waals surface area contributed by atoms with Crippen molar-refractivity contribution in [2.75, 3.05) is 39.5 Å². The van der Waals surface area contributed by atoms with Crippen LogP contribution in [0.4, 0.5) is 8.78 Å². The topological polar surface area (TPSA) is 104 Å². The summed E-state index contributed by atoms with van der Waals surface area (Å²) in [7, 11) is 3.92. The molecule has 2 aromatic rings. The van der Waals surface area contributed by atoms with Crippen LogP contribution in [-0.2, 0) is 12.3 Å². The zero-order chi connectivity index (χ0) is 22.8. The number of benzene rings is 1. The Morgan fingerprint density at radius 2 is 2.03 bits per heavy atom. The number of furan rings is 1. The van der Waals surface area contributed by atoms with E-state index >= 15 is 0 Å². The third kappa shape index (κ3) is 9.03. The minimum Gasteiger partial charge on any atom is -0.464 e. The van der Waals surface area contributed by atoms with Gasteiger partial charge in [0.2, 0.25) is 0 Å². The third-order valence-electron chi connectivity index (χ3n) is 4.07. The van der Waals surface area contributed by atoms with Crippen molar-refractivity contribution < 1.29 is 23.2 Å². The Kier molecular flexibility index (Phi) is 9.89. The second-order valence-corrected chi connectivity index (χ2v) is 8.16. The van der Waals surface area contributed by atoms with Gasteiger partial charge in [-0.05, 0) is 43.9 Å². The van der Waals surface area contributed by atoms with Crippen LogP contribution in [0.2, 0.25) is 0 Å². The van der Waals surface area contributed by atoms with Gasteiger partial charge in [0.15, 0.2) is 17.5 Å². The highest BCUT2D eigenvalue weighted by atomic mass is 32.2. The van der Waals surface area contributed by atoms with E-state index in [2.05, 4.69) is 10.3 Å². The van der Waals surface area contributed by atoms with E-state index in [4.69, 9.17) is 4.42 Å². The van der Waals surface area contributed by atoms with E-state index in [-0.39, 0.29) is 17.9 Å². The largest absolute Gasteiger partial charge is 0.464 e. The highest BCUT2D eigenvalue weighted by Gasteiger charge is 2.13. The van der Waals surface area contributed by atoms with Crippen LogP contribution in [0.15, 0.2) is 39.7 Å². The predicted octanol–water partition coefficient (Wildman–Crippen LogP) is 2.85. The molecule has 0 saturated carbocycles. The van der Waals surface area contributed by atoms with Crippen LogP contribution < -0.4 is 5.32 Å². The number of aliphatic imine (C=N–C) groups is 1. The zero-order valence-corrected chi connectivity index (χ0v) is 18.2. The first kappa shape index (κ1) is 24.8. The van der Waals surface area contributed by atoms with Crippen molar-refractivity contribution >= 4 is 17.6 Å². The van der Waals surface area contributed by atoms with E-state index in [0.717, 1.165) is 30.2 Å². The quantitative estimate of drug-likeness (QED) is 0.166. The van der Waals surface area contributed by atoms with Gasteiger partial charge in [-0.25, -0.2) is 8.78 Å². The fourth-order valence-electron chi connectivity index (χ4n) is 2.64. The summed E-state index contributed by atoms with van der Waals surface area (Å²) in [5.74, 6) is 1.09. The van der Waals surface area contributed by atoms with Crippen molar-refractivity contribution in [2.45, 2.75) is 18.4 Å². The van der Waals surface area contributed by atoms with Gasteiger partial charge in [0.25, 0.3) is 6.54 Å². The second-order valence-electron chi connectivity index (χ2n) is 7.05. The Morgan fingerprint density at radius 1 is 1.29 bits per heavy atom. The van der Waals surface area contributed by atoms with Crippen molar-refractivity contribution in [3.8, 4) is 0 Å². The molecule has 170 valence electrons. The molecule has 2 rings (SSSR count). The summed E-state index contributed by atoms with van der Waals surface area (Å²) >= 11 is 1.60. The fraction of sp³-hybridized carbons (Fsp3) is 0.450. The van der Waals surface area contributed by atoms with Gasteiger partial charge in [0.1, 0.15) is 11.5 Å². The number of hydrogen-bond donors (Lipinski definition) is 2. The van der Waals surface area contributed by atoms with E-state index < -0.39 is 29.2 Å². The molecule has 0 aliphatic heterocycles. The zero-order valence-electron chi connectivity index (χ0n) is 17.4. The van der Waals surface area contributed by atoms with Gasteiger partial charge in [-0.2, -0.15) is 11.8 Å². The number of rotatable bonds is 12. The lowest BCUT2D eigenvalue weighted by molar-refractivity contribution is -0.463. The molecule has 2 N–H and O–H groups in total. The van der Waals surface area contributed by atoms with Gasteiger partial charge in [0.05, 0.1) is 24.9 Å². The van der Waals surface area contributed by atoms with E-state index in [9.17, 15) is 24.0 Å². The van der Waals surface area contributed by atoms with Gasteiger partial charge >= 0.3 is 0 Å². The third-order valence-corrected chi connectivity index (χ3v) is 5.05. The number of hydrogen-bond acceptors (Lipinski definition) is 7. The number of halogens is 2. The normalized spacial score (nSPS) is 12.9. The van der Waals surface area contributed by atoms with Crippen molar-refractivity contribution in [1.82, 2.24) is 10.2 Å². The van der Waals surface area contributed by atoms with Crippen molar-refractivity contribution in [3.05, 3.63) is 69.2 Å². The lowest BCUT2D eigenvalue weighted by Gasteiger charge is -2.11. The van der Waals surface area contributed by atoms with Crippen LogP contribution in [0.25, 0.3) is 0 Å². The van der Waals surface area contributed by atoms with Crippen LogP contribution in [-0.4, -0.2) is 60.2 Å². The molecule has 0 aliphatic rings. The SMILES string of the molecule is CN(C)Cc1ccc(CSCCNC(C[N+](=O)[O-])=NCC(O)c2ccc(F)c(F)c2)o1. The molecule has 11 heteroatoms. The highest BCUT2D eigenvalue weighted by molar-refractivity contribution is 7.98. The summed E-state index contributed by atoms with van der Waals surface area (Å²) in [6, 6.07) is 6.90. The lowest BCUT2D eigenvalue weighted by Crippen LogP contribution is -2.32. The Morgan fingerprint density at radius 3 is 2.71 bits per heavy atom. The van der Waals surface area contributed by atoms with E-state index in [1.807, 2.05) is 31.1 Å². The molecule has 0 bridgehead atoms. The first-order valence-corrected chi connectivity index (χ1v) is 10.7. The predicted molar refractivity (Wildman–Crippen MR) is 116 cm³/mol. The number of thioether (sulfide) groups is 1. The van der Waals surface area contributed by atoms with Crippen LogP contribution >= 0.6 is 11.8 Å². The van der Waals surface area contributed by atoms with Gasteiger partial charge in [0, 0.05) is 17.2 Å². The minimum atomic E-state index is -1.21. The van der Waals surface area contributed by atoms with Gasteiger partial charge in [-0.1, -0.05) is 6.07 Å². The number of nitro groups is 1. The number of aliphatic hydroxyl groups is 1. The fourth-order valence-corrected chi connectivity index (χ4v) is 3.39. The molecule has 1 heterocycles. The molecule has 0 fully saturated rings. The maximum atomic E-state index is 13.3. The number of nitrogens with one attached hydrogen (secondary N) is 1. The van der Waals surface area contributed by atoms with E-state index in [1.165, 1.54) is 6.07 Å². The molecule has 1 aromatic carbocycles. The summed E-state index contributed by atoms with van der Waals surface area (Å²) in [6.07, 6.45) is -1.21. The lowest BCUT2D eigenvalue weighted by atomic mass is 10.1. The maximum Gasteiger partial charge on any atom is 0.259 e. The van der Waals surface area contributed by atoms with Crippen molar-refractivity contribution in [1.29, 1.82) is 0 Å². The minimum absolute atomic E-state index is 0.110. The summed E-state index contributed by atoms with van der Waals surface area (Å²) in [5.41, 5.74) is 0.144. The Hall–Kier alpha value is -2.50. The molecule has 0 spiro atoms. The molecule has 0 saturated heterocycles. The average molecular weight is 457 g/mol. The molecule has 0 radical (unpaired) electrons. The molecular weight excluding hydrogens is 430 g/mol. The Balaban J connectivity index is 1.80. The standard InChI is InChI=1S/C20H26F2N4O4S/c1-25(2)11-15-4-5-16(30-15)13-31-8-7-23-20(12-26(28)29)24-10-19(27)14-3-6-17(21)18(22)9-14/h3-6,9,19,27H,7-8,10-13H2,1-2H3,(H,23,24). The molecule has 1 aromatic heterocycles. The molecule has 1 unspecified atom stereocenters. The van der Waals surface area contributed by atoms with Gasteiger partial charge in [-0.15, -0.1) is 0 Å². The second kappa shape index (κ2) is 12.4. The molecule has 1 atom stereocenters. The van der Waals surface area contributed by atoms with Crippen LogP contribution in [0.1, 0.15) is 23.2 Å². The molecule has 0 aliphatic carbocycles. The summed E-state index contributed by atoms with van der Waals surface area (Å²) in [5, 5.41) is 23.9. The monoisotopic (exact) mass is 456 g/mol. The first-order chi connectivity index (χ1) is 14.7. The van der Waals surface area contributed by atoms with Gasteiger partial charge < -0.3 is 19.7 Å². The van der Waals surface area contributed by atoms with E-state index in [0.29, 0.717) is 18.1 Å². The molecular formula is C20H26F2N4O4S. The summed E-state index contributed by atoms with van der Waals surface area (Å²) < 4.78 is 32.0. The first-order valence-electron chi connectivity index (χ1n) is 9.56. The summed E-state index contributed by atoms with van der Waals surface area (Å²) in [4.78, 5) is 16.4. The Bertz CT molecular complexity index is 892. The Labute approximate surface area is 183 Å². The molecule has 31 heavy (non-hydrogen) atoms. The number of aliphatic hydroxyl groups excluding tert-OH is 1. The molecule has 8 nitrogen and oxygen atoms in total. The average Bonchev–Trinajstić information content (AvgIpc) is 3.13. The van der Waals surface area contributed by atoms with Crippen molar-refractivity contribution in [3.63, 3.8) is 0 Å². The molecule has 0 amide bonds. The van der Waals surface area contributed by atoms with Gasteiger partial charge in [-0.3, -0.25) is 15.1 Å². The maximum absolute atomic E-state index is 13.3. The van der Waals surface area contributed by atoms with Crippen LogP contribution in [0.3, 0.4) is 0 Å². The number of nitrogens with zero attached hydrogens (tertiary/aromatic N) is 3. The van der Waals surface area contributed by atoms with E-state index in [1.54, 1.807) is 11.8 Å². The van der Waals surface area contributed by atoms with Crippen LogP contribution in [0.5, 0.6) is 0 Å². The van der Waals surface area contributed by atoms with Crippen LogP contribution in [0, 0.1) is 21.7 Å². The summed E-state index contributed by atoms with van der Waals surface area (Å²) in [6.45, 7) is 0.421. The van der Waals surface area contributed by atoms with Crippen molar-refractivity contribution in [2.24, 2.45) is 4.99 Å².